The second-order valence-corrected chi connectivity index (χ2v) is 20.3. The highest BCUT2D eigenvalue weighted by Gasteiger charge is 2.22. The molecule has 1 aliphatic rings. The molecule has 2 atom stereocenters. The van der Waals surface area contributed by atoms with Gasteiger partial charge >= 0.3 is 0 Å². The predicted molar refractivity (Wildman–Crippen MR) is 315 cm³/mol. The first-order valence-electron chi connectivity index (χ1n) is 26.2. The number of benzene rings is 6. The normalized spacial score (nSPS) is 12.6. The van der Waals surface area contributed by atoms with E-state index in [4.69, 9.17) is 53.6 Å². The van der Waals surface area contributed by atoms with Crippen LogP contribution in [0.1, 0.15) is 66.8 Å². The number of nitrogens with one attached hydrogen (secondary N) is 2. The molecule has 0 spiro atoms. The average Bonchev–Trinajstić information content (AvgIpc) is 4.33. The molecule has 3 heterocycles. The lowest BCUT2D eigenvalue weighted by molar-refractivity contribution is -0.120. The summed E-state index contributed by atoms with van der Waals surface area (Å²) in [5.41, 5.74) is 25.7. The van der Waals surface area contributed by atoms with Gasteiger partial charge in [0.25, 0.3) is 0 Å². The van der Waals surface area contributed by atoms with Crippen LogP contribution in [-0.4, -0.2) is 59.4 Å². The van der Waals surface area contributed by atoms with Gasteiger partial charge in [0.1, 0.15) is 49.4 Å². The number of carbonyl (C=O) groups excluding carboxylic acids is 2. The number of aliphatic imine (C=N–C) groups is 2. The van der Waals surface area contributed by atoms with E-state index in [0.29, 0.717) is 58.0 Å². The molecule has 0 fully saturated rings. The van der Waals surface area contributed by atoms with Gasteiger partial charge in [-0.15, -0.1) is 0 Å². The zero-order valence-electron chi connectivity index (χ0n) is 44.8. The van der Waals surface area contributed by atoms with Crippen LogP contribution in [0.5, 0.6) is 23.0 Å². The summed E-state index contributed by atoms with van der Waals surface area (Å²) in [5, 5.41) is 7.41. The summed E-state index contributed by atoms with van der Waals surface area (Å²) < 4.78 is 26.0. The minimum absolute atomic E-state index is 0.202. The van der Waals surface area contributed by atoms with Crippen LogP contribution in [0.4, 0.5) is 0 Å². The van der Waals surface area contributed by atoms with Gasteiger partial charge in [-0.05, 0) is 95.5 Å². The van der Waals surface area contributed by atoms with Gasteiger partial charge in [0.15, 0.2) is 0 Å². The Morgan fingerprint density at radius 1 is 0.562 bits per heavy atom. The van der Waals surface area contributed by atoms with Crippen LogP contribution in [0.2, 0.25) is 10.0 Å². The zero-order chi connectivity index (χ0) is 56.0. The third-order valence-corrected chi connectivity index (χ3v) is 14.4. The van der Waals surface area contributed by atoms with Crippen molar-refractivity contribution in [2.75, 3.05) is 13.6 Å². The summed E-state index contributed by atoms with van der Waals surface area (Å²) in [6.07, 6.45) is 9.61. The van der Waals surface area contributed by atoms with Gasteiger partial charge in [-0.1, -0.05) is 120 Å². The number of pyridine rings is 2. The second-order valence-electron chi connectivity index (χ2n) is 19.5. The number of nitrogens with two attached hydrogens (primary N) is 2. The maximum absolute atomic E-state index is 12.6. The van der Waals surface area contributed by atoms with Gasteiger partial charge in [-0.25, -0.2) is 0 Å². The maximum Gasteiger partial charge on any atom is 0.234 e. The lowest BCUT2D eigenvalue weighted by atomic mass is 9.92. The monoisotopic (exact) mass is 1110 g/mol. The highest BCUT2D eigenvalue weighted by atomic mass is 35.5. The molecular formula is C64H62Cl2N8O6. The molecule has 0 radical (unpaired) electrons. The summed E-state index contributed by atoms with van der Waals surface area (Å²) >= 11 is 14.0. The molecule has 14 nitrogen and oxygen atoms in total. The number of ether oxygens (including phenoxy) is 4. The van der Waals surface area contributed by atoms with E-state index in [-0.39, 0.29) is 39.5 Å². The molecule has 6 N–H and O–H groups in total. The van der Waals surface area contributed by atoms with Gasteiger partial charge in [0.05, 0.1) is 34.4 Å². The Kier molecular flexibility index (Phi) is 19.0. The Balaban J connectivity index is 0.915. The molecule has 1 aliphatic heterocycles. The Morgan fingerprint density at radius 3 is 1.49 bits per heavy atom. The standard InChI is InChI=1S/C64H62Cl2N8O6/c1-40-47(38-79-61-26-59(77-36-45-20-44(28-69-3)29-70-30-45)50(24-54(61)65)33-72-56(63(67)75)22-42-12-6-4-7-13-42)16-10-18-52(40)53-19-11-17-48(41(53)2)39-80-62-27-60(78-37-46-21-49(32-71-31-46)58-35-74-58)51(25-55(62)66)34-73-57(64(68)76)23-43-14-8-5-9-15-43/h4-21,24-32,56-57,72-73H,22-23,33-39H2,1-3H3,(H2,67,75)(H2,68,76). The van der Waals surface area contributed by atoms with E-state index in [1.165, 1.54) is 0 Å². The quantitative estimate of drug-likeness (QED) is 0.0360. The molecular weight excluding hydrogens is 1050 g/mol. The van der Waals surface area contributed by atoms with Crippen molar-refractivity contribution >= 4 is 46.9 Å². The molecule has 2 unspecified atom stereocenters. The van der Waals surface area contributed by atoms with Gasteiger partial charge < -0.3 is 41.0 Å². The third kappa shape index (κ3) is 15.0. The number of hydrogen-bond acceptors (Lipinski definition) is 12. The molecule has 408 valence electrons. The summed E-state index contributed by atoms with van der Waals surface area (Å²) in [6, 6.07) is 41.6. The Morgan fingerprint density at radius 2 is 1.02 bits per heavy atom. The van der Waals surface area contributed by atoms with Gasteiger partial charge in [-0.3, -0.25) is 29.5 Å². The molecule has 0 saturated heterocycles. The van der Waals surface area contributed by atoms with Crippen LogP contribution in [0.3, 0.4) is 0 Å². The Labute approximate surface area is 476 Å². The fourth-order valence-corrected chi connectivity index (χ4v) is 9.76. The molecule has 6 aromatic carbocycles. The van der Waals surface area contributed by atoms with Crippen molar-refractivity contribution < 1.29 is 28.5 Å². The molecule has 16 heteroatoms. The van der Waals surface area contributed by atoms with E-state index >= 15 is 0 Å². The molecule has 2 aromatic heterocycles. The van der Waals surface area contributed by atoms with E-state index in [0.717, 1.165) is 78.0 Å². The highest BCUT2D eigenvalue weighted by molar-refractivity contribution is 6.32. The van der Waals surface area contributed by atoms with Crippen molar-refractivity contribution in [2.24, 2.45) is 21.5 Å². The molecule has 8 aromatic rings. The van der Waals surface area contributed by atoms with Crippen molar-refractivity contribution in [3.8, 4) is 34.1 Å². The molecule has 0 aliphatic carbocycles. The SMILES string of the molecule is CN=Cc1cncc(COc2cc(OCc3cccc(-c4cccc(COc5cc(OCc6cncc(C7=NC7)c6)c(CNC(Cc6ccccc6)C(N)=O)cc5Cl)c4C)c3C)c(Cl)cc2CNC(Cc2ccccc2)C(N)=O)c1. The lowest BCUT2D eigenvalue weighted by Crippen LogP contribution is -2.42. The van der Waals surface area contributed by atoms with E-state index in [1.54, 1.807) is 62.3 Å². The summed E-state index contributed by atoms with van der Waals surface area (Å²) in [4.78, 5) is 42.5. The maximum atomic E-state index is 12.6. The minimum Gasteiger partial charge on any atom is -0.488 e. The number of halogens is 2. The van der Waals surface area contributed by atoms with Crippen LogP contribution in [0.15, 0.2) is 168 Å². The first-order chi connectivity index (χ1) is 38.9. The van der Waals surface area contributed by atoms with Crippen LogP contribution in [0, 0.1) is 13.8 Å². The third-order valence-electron chi connectivity index (χ3n) is 13.8. The van der Waals surface area contributed by atoms with Crippen molar-refractivity contribution in [1.82, 2.24) is 20.6 Å². The summed E-state index contributed by atoms with van der Waals surface area (Å²) in [7, 11) is 1.71. The Hall–Kier alpha value is -8.40. The molecule has 9 rings (SSSR count). The van der Waals surface area contributed by atoms with Gasteiger partial charge in [0.2, 0.25) is 11.8 Å². The number of carbonyl (C=O) groups is 2. The number of hydrogen-bond donors (Lipinski definition) is 4. The van der Waals surface area contributed by atoms with Gasteiger partial charge in [0, 0.05) is 96.7 Å². The first-order valence-corrected chi connectivity index (χ1v) is 26.9. The largest absolute Gasteiger partial charge is 0.488 e. The number of nitrogens with zero attached hydrogens (tertiary/aromatic N) is 4. The zero-order valence-corrected chi connectivity index (χ0v) is 46.3. The topological polar surface area (TPSA) is 198 Å². The second kappa shape index (κ2) is 27.0. The molecule has 0 bridgehead atoms. The number of aromatic nitrogens is 2. The number of amides is 2. The smallest absolute Gasteiger partial charge is 0.234 e. The van der Waals surface area contributed by atoms with Crippen LogP contribution in [0.25, 0.3) is 11.1 Å². The minimum atomic E-state index is -0.642. The summed E-state index contributed by atoms with van der Waals surface area (Å²) in [5.74, 6) is 0.968. The lowest BCUT2D eigenvalue weighted by Gasteiger charge is -2.20. The van der Waals surface area contributed by atoms with E-state index in [1.807, 2.05) is 97.1 Å². The van der Waals surface area contributed by atoms with E-state index < -0.39 is 23.9 Å². The molecule has 0 saturated carbocycles. The highest BCUT2D eigenvalue weighted by Crippen LogP contribution is 2.38. The number of primary amides is 2. The van der Waals surface area contributed by atoms with Gasteiger partial charge in [-0.2, -0.15) is 0 Å². The predicted octanol–water partition coefficient (Wildman–Crippen LogP) is 10.6. The fraction of sp³-hybridized carbons (Fsp3) is 0.219. The average molecular weight is 1110 g/mol. The Bertz CT molecular complexity index is 3540. The fourth-order valence-electron chi connectivity index (χ4n) is 9.28. The van der Waals surface area contributed by atoms with Crippen molar-refractivity contribution in [1.29, 1.82) is 0 Å². The van der Waals surface area contributed by atoms with Crippen molar-refractivity contribution in [3.05, 3.63) is 235 Å². The number of rotatable bonds is 27. The van der Waals surface area contributed by atoms with Crippen LogP contribution < -0.4 is 41.0 Å². The first kappa shape index (κ1) is 56.3. The van der Waals surface area contributed by atoms with E-state index in [9.17, 15) is 9.59 Å². The van der Waals surface area contributed by atoms with Crippen molar-refractivity contribution in [2.45, 2.75) is 78.3 Å². The van der Waals surface area contributed by atoms with Crippen molar-refractivity contribution in [3.63, 3.8) is 0 Å². The molecule has 80 heavy (non-hydrogen) atoms. The van der Waals surface area contributed by atoms with E-state index in [2.05, 4.69) is 56.6 Å². The summed E-state index contributed by atoms with van der Waals surface area (Å²) in [6.45, 7) is 6.22. The molecule has 2 amide bonds. The van der Waals surface area contributed by atoms with Crippen LogP contribution >= 0.6 is 23.2 Å². The van der Waals surface area contributed by atoms with Crippen LogP contribution in [-0.2, 0) is 61.9 Å².